The Morgan fingerprint density at radius 2 is 0.688 bits per heavy atom. The molecule has 4 atom stereocenters. The minimum absolute atomic E-state index is 0. The fourth-order valence-electron chi connectivity index (χ4n) is 0.935. The van der Waals surface area contributed by atoms with Crippen molar-refractivity contribution in [3.8, 4) is 0 Å². The molecule has 0 aromatic heterocycles. The Kier molecular flexibility index (Phi) is 26.0. The summed E-state index contributed by atoms with van der Waals surface area (Å²) in [5, 5.41) is 40.6. The molecule has 0 saturated heterocycles. The van der Waals surface area contributed by atoms with Crippen LogP contribution in [0.2, 0.25) is 0 Å². The van der Waals surface area contributed by atoms with E-state index < -0.39 is 24.4 Å². The largest absolute Gasteiger partial charge is 2.00 e. The predicted molar refractivity (Wildman–Crippen MR) is 47.1 cm³/mol. The first-order valence-electron chi connectivity index (χ1n) is 4.89. The molecule has 88 valence electrons. The molecular formula is C10H20O4Zn2. The van der Waals surface area contributed by atoms with Crippen LogP contribution in [0, 0.1) is 0 Å². The topological polar surface area (TPSA) is 92.2 Å². The van der Waals surface area contributed by atoms with Crippen molar-refractivity contribution in [2.75, 3.05) is 0 Å². The molecule has 0 radical (unpaired) electrons. The molecule has 4 unspecified atom stereocenters. The van der Waals surface area contributed by atoms with Gasteiger partial charge in [0, 0.05) is 0 Å². The second kappa shape index (κ2) is 16.1. The zero-order valence-electron chi connectivity index (χ0n) is 10.8. The van der Waals surface area contributed by atoms with Crippen molar-refractivity contribution in [3.05, 3.63) is 0 Å². The molecule has 0 aromatic rings. The molecule has 16 heavy (non-hydrogen) atoms. The normalized spacial score (nSPS) is 16.5. The molecule has 4 nitrogen and oxygen atoms in total. The van der Waals surface area contributed by atoms with Gasteiger partial charge in [0.05, 0.1) is 0 Å². The van der Waals surface area contributed by atoms with Crippen molar-refractivity contribution in [2.45, 2.75) is 65.0 Å². The third kappa shape index (κ3) is 36.3. The minimum atomic E-state index is -0.688. The Bertz CT molecular complexity index is 93.4. The van der Waals surface area contributed by atoms with Gasteiger partial charge in [-0.05, 0) is 0 Å². The predicted octanol–water partition coefficient (Wildman–Crippen LogP) is -2.26. The standard InChI is InChI=1S/2C5H10O2.2Zn/c2*1-4(6)3-5(2)7;;/h2*4-5H,3H2,1-2H3;;/q2*-2;2*+2. The summed E-state index contributed by atoms with van der Waals surface area (Å²) in [5.41, 5.74) is 0. The molecule has 0 fully saturated rings. The Balaban J connectivity index is -0.0000000800. The molecular weight excluding hydrogens is 315 g/mol. The molecule has 0 aliphatic carbocycles. The van der Waals surface area contributed by atoms with E-state index >= 15 is 0 Å². The molecule has 0 aromatic carbocycles. The van der Waals surface area contributed by atoms with Crippen LogP contribution in [-0.2, 0) is 39.0 Å². The van der Waals surface area contributed by atoms with E-state index in [4.69, 9.17) is 0 Å². The van der Waals surface area contributed by atoms with E-state index in [1.807, 2.05) is 0 Å². The van der Waals surface area contributed by atoms with Crippen LogP contribution >= 0.6 is 0 Å². The van der Waals surface area contributed by atoms with Gasteiger partial charge in [-0.15, -0.1) is 24.4 Å². The van der Waals surface area contributed by atoms with Crippen molar-refractivity contribution >= 4 is 0 Å². The van der Waals surface area contributed by atoms with Crippen molar-refractivity contribution in [1.29, 1.82) is 0 Å². The van der Waals surface area contributed by atoms with E-state index in [0.29, 0.717) is 0 Å². The second-order valence-corrected chi connectivity index (χ2v) is 3.71. The van der Waals surface area contributed by atoms with Crippen LogP contribution in [0.3, 0.4) is 0 Å². The maximum Gasteiger partial charge on any atom is 2.00 e. The van der Waals surface area contributed by atoms with E-state index in [1.54, 1.807) is 0 Å². The van der Waals surface area contributed by atoms with Crippen molar-refractivity contribution in [1.82, 2.24) is 0 Å². The number of hydrogen-bond donors (Lipinski definition) is 0. The smallest absolute Gasteiger partial charge is 0.852 e. The van der Waals surface area contributed by atoms with Gasteiger partial charge in [0.25, 0.3) is 0 Å². The summed E-state index contributed by atoms with van der Waals surface area (Å²) < 4.78 is 0. The van der Waals surface area contributed by atoms with Crippen LogP contribution < -0.4 is 20.4 Å². The van der Waals surface area contributed by atoms with Gasteiger partial charge < -0.3 is 20.4 Å². The number of hydrogen-bond acceptors (Lipinski definition) is 4. The molecule has 0 saturated carbocycles. The Morgan fingerprint density at radius 3 is 0.688 bits per heavy atom. The van der Waals surface area contributed by atoms with Gasteiger partial charge in [0.15, 0.2) is 0 Å². The average molecular weight is 335 g/mol. The molecule has 0 heterocycles. The van der Waals surface area contributed by atoms with Gasteiger partial charge in [0.1, 0.15) is 0 Å². The Morgan fingerprint density at radius 1 is 0.562 bits per heavy atom. The summed E-state index contributed by atoms with van der Waals surface area (Å²) >= 11 is 0. The minimum Gasteiger partial charge on any atom is -0.852 e. The molecule has 0 spiro atoms. The molecule has 0 rings (SSSR count). The summed E-state index contributed by atoms with van der Waals surface area (Å²) in [6.45, 7) is 6.03. The maximum absolute atomic E-state index is 10.1. The summed E-state index contributed by atoms with van der Waals surface area (Å²) in [7, 11) is 0. The van der Waals surface area contributed by atoms with Crippen LogP contribution in [0.5, 0.6) is 0 Å². The van der Waals surface area contributed by atoms with Crippen molar-refractivity contribution in [3.63, 3.8) is 0 Å². The maximum atomic E-state index is 10.1. The fourth-order valence-corrected chi connectivity index (χ4v) is 0.935. The first-order chi connectivity index (χ1) is 6.25. The number of rotatable bonds is 4. The molecule has 0 bridgehead atoms. The Hall–Kier alpha value is 1.09. The molecule has 0 aliphatic heterocycles. The summed E-state index contributed by atoms with van der Waals surface area (Å²) in [4.78, 5) is 0. The summed E-state index contributed by atoms with van der Waals surface area (Å²) in [6, 6.07) is 0. The molecule has 0 amide bonds. The van der Waals surface area contributed by atoms with Gasteiger partial charge in [-0.3, -0.25) is 0 Å². The van der Waals surface area contributed by atoms with Crippen molar-refractivity contribution < 1.29 is 59.4 Å². The first kappa shape index (κ1) is 25.8. The van der Waals surface area contributed by atoms with Gasteiger partial charge in [-0.25, -0.2) is 0 Å². The quantitative estimate of drug-likeness (QED) is 0.543. The zero-order chi connectivity index (χ0) is 11.7. The van der Waals surface area contributed by atoms with E-state index in [0.717, 1.165) is 0 Å². The van der Waals surface area contributed by atoms with E-state index in [1.165, 1.54) is 27.7 Å². The van der Waals surface area contributed by atoms with Crippen LogP contribution in [-0.4, -0.2) is 24.4 Å². The summed E-state index contributed by atoms with van der Waals surface area (Å²) in [6.07, 6.45) is -2.25. The van der Waals surface area contributed by atoms with Crippen LogP contribution in [0.25, 0.3) is 0 Å². The fraction of sp³-hybridized carbons (Fsp3) is 1.00. The van der Waals surface area contributed by atoms with E-state index in [2.05, 4.69) is 0 Å². The van der Waals surface area contributed by atoms with Crippen molar-refractivity contribution in [2.24, 2.45) is 0 Å². The van der Waals surface area contributed by atoms with Gasteiger partial charge in [0.2, 0.25) is 0 Å². The van der Waals surface area contributed by atoms with Gasteiger partial charge in [-0.2, -0.15) is 0 Å². The first-order valence-corrected chi connectivity index (χ1v) is 4.89. The van der Waals surface area contributed by atoms with Crippen LogP contribution in [0.15, 0.2) is 0 Å². The Labute approximate surface area is 124 Å². The van der Waals surface area contributed by atoms with Gasteiger partial charge in [-0.1, -0.05) is 40.5 Å². The molecule has 6 heteroatoms. The molecule has 0 aliphatic rings. The monoisotopic (exact) mass is 332 g/mol. The third-order valence-electron chi connectivity index (χ3n) is 1.33. The van der Waals surface area contributed by atoms with E-state index in [-0.39, 0.29) is 51.8 Å². The summed E-state index contributed by atoms with van der Waals surface area (Å²) in [5.74, 6) is 0. The van der Waals surface area contributed by atoms with Crippen LogP contribution in [0.1, 0.15) is 40.5 Å². The second-order valence-electron chi connectivity index (χ2n) is 3.71. The van der Waals surface area contributed by atoms with E-state index in [9.17, 15) is 20.4 Å². The average Bonchev–Trinajstić information content (AvgIpc) is 1.79. The SMILES string of the molecule is CC([O-])CC(C)[O-].CC([O-])CC(C)[O-].[Zn+2].[Zn+2]. The zero-order valence-corrected chi connectivity index (χ0v) is 16.7. The van der Waals surface area contributed by atoms with Gasteiger partial charge >= 0.3 is 39.0 Å². The third-order valence-corrected chi connectivity index (χ3v) is 1.33. The molecule has 0 N–H and O–H groups in total. The van der Waals surface area contributed by atoms with Crippen LogP contribution in [0.4, 0.5) is 0 Å².